The average molecular weight is 331 g/mol. The lowest BCUT2D eigenvalue weighted by Crippen LogP contribution is -2.48. The van der Waals surface area contributed by atoms with E-state index in [4.69, 9.17) is 4.74 Å². The highest BCUT2D eigenvalue weighted by Crippen LogP contribution is 2.29. The molecule has 8 heteroatoms. The van der Waals surface area contributed by atoms with E-state index < -0.39 is 11.7 Å². The zero-order chi connectivity index (χ0) is 17.0. The van der Waals surface area contributed by atoms with E-state index in [-0.39, 0.29) is 18.6 Å². The fourth-order valence-electron chi connectivity index (χ4n) is 2.36. The van der Waals surface area contributed by atoms with E-state index in [0.717, 1.165) is 12.3 Å². The number of rotatable bonds is 4. The summed E-state index contributed by atoms with van der Waals surface area (Å²) in [5, 5.41) is 0. The van der Waals surface area contributed by atoms with Crippen LogP contribution in [0.1, 0.15) is 19.4 Å². The molecule has 0 saturated carbocycles. The Morgan fingerprint density at radius 1 is 1.26 bits per heavy atom. The molecular formula is C15H20F3N3O2. The van der Waals surface area contributed by atoms with Crippen LogP contribution in [-0.4, -0.2) is 54.7 Å². The molecular weight excluding hydrogens is 311 g/mol. The van der Waals surface area contributed by atoms with E-state index in [1.807, 2.05) is 9.80 Å². The van der Waals surface area contributed by atoms with Crippen LogP contribution in [0, 0.1) is 0 Å². The summed E-state index contributed by atoms with van der Waals surface area (Å²) >= 11 is 0. The van der Waals surface area contributed by atoms with E-state index >= 15 is 0 Å². The number of piperazine rings is 1. The number of halogens is 3. The van der Waals surface area contributed by atoms with Crippen LogP contribution in [0.4, 0.5) is 19.0 Å². The Hall–Kier alpha value is -1.83. The van der Waals surface area contributed by atoms with Crippen molar-refractivity contribution in [3.8, 4) is 0 Å². The number of nitrogens with zero attached hydrogens (tertiary/aromatic N) is 3. The molecule has 128 valence electrons. The maximum absolute atomic E-state index is 12.5. The molecule has 0 amide bonds. The smallest absolute Gasteiger partial charge is 0.417 e. The van der Waals surface area contributed by atoms with Crippen molar-refractivity contribution in [2.45, 2.75) is 26.1 Å². The van der Waals surface area contributed by atoms with Crippen molar-refractivity contribution in [1.82, 2.24) is 9.88 Å². The molecule has 0 radical (unpaired) electrons. The molecule has 1 aliphatic heterocycles. The minimum Gasteiger partial charge on any atom is -0.462 e. The van der Waals surface area contributed by atoms with Crippen LogP contribution in [0.2, 0.25) is 0 Å². The normalized spacial score (nSPS) is 16.7. The molecule has 0 atom stereocenters. The highest BCUT2D eigenvalue weighted by molar-refractivity contribution is 5.71. The van der Waals surface area contributed by atoms with E-state index in [2.05, 4.69) is 4.98 Å². The zero-order valence-electron chi connectivity index (χ0n) is 13.1. The van der Waals surface area contributed by atoms with Gasteiger partial charge in [0.1, 0.15) is 5.82 Å². The Balaban J connectivity index is 1.86. The van der Waals surface area contributed by atoms with Crippen molar-refractivity contribution in [1.29, 1.82) is 0 Å². The molecule has 5 nitrogen and oxygen atoms in total. The van der Waals surface area contributed by atoms with E-state index in [1.165, 1.54) is 6.07 Å². The molecule has 1 aliphatic rings. The second-order valence-corrected chi connectivity index (χ2v) is 5.70. The van der Waals surface area contributed by atoms with E-state index in [9.17, 15) is 18.0 Å². The number of ether oxygens (including phenoxy) is 1. The fraction of sp³-hybridized carbons (Fsp3) is 0.600. The summed E-state index contributed by atoms with van der Waals surface area (Å²) in [5.74, 6) is 0.253. The standard InChI is InChI=1S/C15H20F3N3O2/c1-11(2)23-14(22)10-20-5-7-21(8-6-20)13-4-3-12(9-19-13)15(16,17)18/h3-4,9,11H,5-8,10H2,1-2H3. The van der Waals surface area contributed by atoms with Crippen LogP contribution in [-0.2, 0) is 15.7 Å². The summed E-state index contributed by atoms with van der Waals surface area (Å²) < 4.78 is 42.7. The lowest BCUT2D eigenvalue weighted by Gasteiger charge is -2.34. The molecule has 1 fully saturated rings. The Bertz CT molecular complexity index is 524. The first-order chi connectivity index (χ1) is 10.8. The first-order valence-corrected chi connectivity index (χ1v) is 7.46. The molecule has 2 rings (SSSR count). The lowest BCUT2D eigenvalue weighted by atomic mass is 10.2. The predicted molar refractivity (Wildman–Crippen MR) is 79.1 cm³/mol. The van der Waals surface area contributed by atoms with Crippen molar-refractivity contribution in [3.05, 3.63) is 23.9 Å². The van der Waals surface area contributed by atoms with Gasteiger partial charge in [-0.1, -0.05) is 0 Å². The number of anilines is 1. The first-order valence-electron chi connectivity index (χ1n) is 7.46. The summed E-state index contributed by atoms with van der Waals surface area (Å²) in [6.07, 6.45) is -3.66. The van der Waals surface area contributed by atoms with E-state index in [1.54, 1.807) is 13.8 Å². The topological polar surface area (TPSA) is 45.7 Å². The maximum Gasteiger partial charge on any atom is 0.417 e. The number of hydrogen-bond acceptors (Lipinski definition) is 5. The van der Waals surface area contributed by atoms with Gasteiger partial charge in [0.05, 0.1) is 18.2 Å². The number of carbonyl (C=O) groups is 1. The monoisotopic (exact) mass is 331 g/mol. The van der Waals surface area contributed by atoms with Crippen LogP contribution < -0.4 is 4.90 Å². The Labute approximate surface area is 133 Å². The molecule has 0 aliphatic carbocycles. The van der Waals surface area contributed by atoms with Gasteiger partial charge in [-0.25, -0.2) is 4.98 Å². The highest BCUT2D eigenvalue weighted by atomic mass is 19.4. The summed E-state index contributed by atoms with van der Waals surface area (Å²) in [5.41, 5.74) is -0.753. The van der Waals surface area contributed by atoms with Gasteiger partial charge in [-0.15, -0.1) is 0 Å². The number of alkyl halides is 3. The second kappa shape index (κ2) is 7.16. The summed E-state index contributed by atoms with van der Waals surface area (Å²) in [4.78, 5) is 19.4. The first kappa shape index (κ1) is 17.5. The van der Waals surface area contributed by atoms with Crippen molar-refractivity contribution < 1.29 is 22.7 Å². The largest absolute Gasteiger partial charge is 0.462 e. The molecule has 1 aromatic rings. The minimum atomic E-state index is -4.37. The van der Waals surface area contributed by atoms with E-state index in [0.29, 0.717) is 32.0 Å². The second-order valence-electron chi connectivity index (χ2n) is 5.70. The molecule has 0 unspecified atom stereocenters. The highest BCUT2D eigenvalue weighted by Gasteiger charge is 2.31. The van der Waals surface area contributed by atoms with Gasteiger partial charge in [-0.2, -0.15) is 13.2 Å². The third-order valence-electron chi connectivity index (χ3n) is 3.49. The van der Waals surface area contributed by atoms with Gasteiger partial charge in [-0.05, 0) is 26.0 Å². The number of pyridine rings is 1. The SMILES string of the molecule is CC(C)OC(=O)CN1CCN(c2ccc(C(F)(F)F)cn2)CC1. The van der Waals surface area contributed by atoms with Gasteiger partial charge in [0.25, 0.3) is 0 Å². The van der Waals surface area contributed by atoms with Crippen molar-refractivity contribution in [2.75, 3.05) is 37.6 Å². The summed E-state index contributed by atoms with van der Waals surface area (Å²) in [7, 11) is 0. The number of hydrogen-bond donors (Lipinski definition) is 0. The third kappa shape index (κ3) is 5.09. The summed E-state index contributed by atoms with van der Waals surface area (Å²) in [6.45, 7) is 6.30. The van der Waals surface area contributed by atoms with Crippen LogP contribution in [0.25, 0.3) is 0 Å². The molecule has 0 aromatic carbocycles. The zero-order valence-corrected chi connectivity index (χ0v) is 13.1. The van der Waals surface area contributed by atoms with Crippen molar-refractivity contribution in [2.24, 2.45) is 0 Å². The van der Waals surface area contributed by atoms with Crippen LogP contribution in [0.15, 0.2) is 18.3 Å². The minimum absolute atomic E-state index is 0.139. The van der Waals surface area contributed by atoms with Gasteiger partial charge in [0, 0.05) is 32.4 Å². The summed E-state index contributed by atoms with van der Waals surface area (Å²) in [6, 6.07) is 2.42. The number of aromatic nitrogens is 1. The van der Waals surface area contributed by atoms with Gasteiger partial charge in [0.15, 0.2) is 0 Å². The quantitative estimate of drug-likeness (QED) is 0.792. The van der Waals surface area contributed by atoms with Gasteiger partial charge in [-0.3, -0.25) is 9.69 Å². The van der Waals surface area contributed by atoms with Crippen LogP contribution in [0.5, 0.6) is 0 Å². The van der Waals surface area contributed by atoms with Crippen LogP contribution in [0.3, 0.4) is 0 Å². The molecule has 2 heterocycles. The molecule has 23 heavy (non-hydrogen) atoms. The van der Waals surface area contributed by atoms with Crippen molar-refractivity contribution in [3.63, 3.8) is 0 Å². The maximum atomic E-state index is 12.5. The Morgan fingerprint density at radius 3 is 2.39 bits per heavy atom. The molecule has 0 bridgehead atoms. The van der Waals surface area contributed by atoms with Gasteiger partial charge < -0.3 is 9.64 Å². The number of carbonyl (C=O) groups excluding carboxylic acids is 1. The Morgan fingerprint density at radius 2 is 1.91 bits per heavy atom. The molecule has 1 aromatic heterocycles. The predicted octanol–water partition coefficient (Wildman–Crippen LogP) is 2.17. The molecule has 0 N–H and O–H groups in total. The molecule has 0 spiro atoms. The number of esters is 1. The Kier molecular flexibility index (Phi) is 5.46. The van der Waals surface area contributed by atoms with Gasteiger partial charge >= 0.3 is 12.1 Å². The van der Waals surface area contributed by atoms with Crippen LogP contribution >= 0.6 is 0 Å². The fourth-order valence-corrected chi connectivity index (χ4v) is 2.36. The molecule has 1 saturated heterocycles. The average Bonchev–Trinajstić information content (AvgIpc) is 2.46. The third-order valence-corrected chi connectivity index (χ3v) is 3.49. The van der Waals surface area contributed by atoms with Gasteiger partial charge in [0.2, 0.25) is 0 Å². The van der Waals surface area contributed by atoms with Crippen molar-refractivity contribution >= 4 is 11.8 Å². The lowest BCUT2D eigenvalue weighted by molar-refractivity contribution is -0.148.